The van der Waals surface area contributed by atoms with Gasteiger partial charge in [-0.1, -0.05) is 12.1 Å². The van der Waals surface area contributed by atoms with Crippen LogP contribution in [0, 0.1) is 0 Å². The molecule has 1 atom stereocenters. The van der Waals surface area contributed by atoms with Crippen molar-refractivity contribution >= 4 is 11.7 Å². The van der Waals surface area contributed by atoms with E-state index in [1.54, 1.807) is 17.2 Å². The third kappa shape index (κ3) is 3.91. The van der Waals surface area contributed by atoms with E-state index >= 15 is 0 Å². The maximum atomic E-state index is 12.5. The minimum Gasteiger partial charge on any atom is -0.384 e. The van der Waals surface area contributed by atoms with Crippen molar-refractivity contribution in [3.63, 3.8) is 0 Å². The fraction of sp³-hybridized carbons (Fsp3) is 0.471. The van der Waals surface area contributed by atoms with Gasteiger partial charge in [-0.2, -0.15) is 0 Å². The molecule has 7 heteroatoms. The standard InChI is InChI=1S/C17H22N4O3/c1-2-13-10-15(24-20-13)17(22)21-7-8-23-14(11-21)4-3-12-5-6-19-16(18)9-12/h5-6,9-10,14H,2-4,7-8,11H2,1H3,(H2,18,19)/t14-/m1/s1. The van der Waals surface area contributed by atoms with Crippen LogP contribution in [-0.4, -0.2) is 46.7 Å². The lowest BCUT2D eigenvalue weighted by molar-refractivity contribution is -0.0257. The van der Waals surface area contributed by atoms with Crippen LogP contribution in [0.5, 0.6) is 0 Å². The van der Waals surface area contributed by atoms with Crippen LogP contribution in [0.4, 0.5) is 5.82 Å². The van der Waals surface area contributed by atoms with E-state index in [-0.39, 0.29) is 12.0 Å². The van der Waals surface area contributed by atoms with Crippen LogP contribution in [0.3, 0.4) is 0 Å². The molecule has 2 N–H and O–H groups in total. The van der Waals surface area contributed by atoms with Gasteiger partial charge in [-0.15, -0.1) is 0 Å². The molecule has 0 unspecified atom stereocenters. The Labute approximate surface area is 140 Å². The molecular weight excluding hydrogens is 308 g/mol. The summed E-state index contributed by atoms with van der Waals surface area (Å²) in [5.41, 5.74) is 7.61. The summed E-state index contributed by atoms with van der Waals surface area (Å²) in [6.45, 7) is 3.63. The lowest BCUT2D eigenvalue weighted by Gasteiger charge is -2.32. The van der Waals surface area contributed by atoms with E-state index in [0.29, 0.717) is 31.3 Å². The minimum absolute atomic E-state index is 0.00524. The Balaban J connectivity index is 1.56. The highest BCUT2D eigenvalue weighted by atomic mass is 16.5. The first-order valence-corrected chi connectivity index (χ1v) is 8.22. The summed E-state index contributed by atoms with van der Waals surface area (Å²) < 4.78 is 10.9. The molecule has 2 aromatic heterocycles. The number of anilines is 1. The first-order chi connectivity index (χ1) is 11.7. The van der Waals surface area contributed by atoms with Crippen LogP contribution in [0.2, 0.25) is 0 Å². The van der Waals surface area contributed by atoms with Crippen LogP contribution in [0.1, 0.15) is 35.2 Å². The number of nitrogens with zero attached hydrogens (tertiary/aromatic N) is 3. The average Bonchev–Trinajstić information content (AvgIpc) is 3.09. The van der Waals surface area contributed by atoms with E-state index in [1.165, 1.54) is 0 Å². The van der Waals surface area contributed by atoms with Crippen LogP contribution >= 0.6 is 0 Å². The molecule has 0 spiro atoms. The lowest BCUT2D eigenvalue weighted by Crippen LogP contribution is -2.45. The number of morpholine rings is 1. The first-order valence-electron chi connectivity index (χ1n) is 8.22. The molecule has 1 fully saturated rings. The van der Waals surface area contributed by atoms with Gasteiger partial charge in [-0.3, -0.25) is 4.79 Å². The predicted octanol–water partition coefficient (Wildman–Crippen LogP) is 1.69. The van der Waals surface area contributed by atoms with Crippen molar-refractivity contribution < 1.29 is 14.1 Å². The number of aromatic nitrogens is 2. The topological polar surface area (TPSA) is 94.5 Å². The van der Waals surface area contributed by atoms with Crippen LogP contribution in [0.25, 0.3) is 0 Å². The molecule has 1 aliphatic heterocycles. The van der Waals surface area contributed by atoms with Crippen LogP contribution in [-0.2, 0) is 17.6 Å². The molecule has 0 aliphatic carbocycles. The van der Waals surface area contributed by atoms with E-state index in [9.17, 15) is 4.79 Å². The number of ether oxygens (including phenoxy) is 1. The maximum absolute atomic E-state index is 12.5. The monoisotopic (exact) mass is 330 g/mol. The predicted molar refractivity (Wildman–Crippen MR) is 88.5 cm³/mol. The highest BCUT2D eigenvalue weighted by Gasteiger charge is 2.27. The molecule has 3 rings (SSSR count). The molecule has 1 saturated heterocycles. The maximum Gasteiger partial charge on any atom is 0.292 e. The smallest absolute Gasteiger partial charge is 0.292 e. The Hall–Kier alpha value is -2.41. The zero-order valence-corrected chi connectivity index (χ0v) is 13.8. The second-order valence-corrected chi connectivity index (χ2v) is 5.91. The van der Waals surface area contributed by atoms with Crippen molar-refractivity contribution in [2.24, 2.45) is 0 Å². The van der Waals surface area contributed by atoms with Crippen molar-refractivity contribution in [3.05, 3.63) is 41.4 Å². The summed E-state index contributed by atoms with van der Waals surface area (Å²) in [7, 11) is 0. The summed E-state index contributed by atoms with van der Waals surface area (Å²) >= 11 is 0. The normalized spacial score (nSPS) is 17.9. The third-order valence-corrected chi connectivity index (χ3v) is 4.16. The Morgan fingerprint density at radius 2 is 2.33 bits per heavy atom. The summed E-state index contributed by atoms with van der Waals surface area (Å²) in [4.78, 5) is 18.3. The molecule has 0 aromatic carbocycles. The molecule has 128 valence electrons. The fourth-order valence-corrected chi connectivity index (χ4v) is 2.79. The Kier molecular flexibility index (Phi) is 5.10. The second-order valence-electron chi connectivity index (χ2n) is 5.91. The van der Waals surface area contributed by atoms with Gasteiger partial charge in [0.15, 0.2) is 0 Å². The van der Waals surface area contributed by atoms with Crippen LogP contribution < -0.4 is 5.73 Å². The van der Waals surface area contributed by atoms with Crippen molar-refractivity contribution in [2.75, 3.05) is 25.4 Å². The second kappa shape index (κ2) is 7.44. The van der Waals surface area contributed by atoms with Gasteiger partial charge in [-0.25, -0.2) is 4.98 Å². The molecule has 24 heavy (non-hydrogen) atoms. The number of aryl methyl sites for hydroxylation is 2. The van der Waals surface area contributed by atoms with Crippen molar-refractivity contribution in [1.82, 2.24) is 15.0 Å². The molecule has 1 amide bonds. The van der Waals surface area contributed by atoms with Gasteiger partial charge in [0.25, 0.3) is 5.91 Å². The van der Waals surface area contributed by atoms with E-state index in [1.807, 2.05) is 19.1 Å². The number of hydrogen-bond donors (Lipinski definition) is 1. The number of pyridine rings is 1. The van der Waals surface area contributed by atoms with E-state index in [2.05, 4.69) is 10.1 Å². The van der Waals surface area contributed by atoms with Gasteiger partial charge in [-0.05, 0) is 37.0 Å². The number of nitrogen functional groups attached to an aromatic ring is 1. The Bertz CT molecular complexity index is 701. The Morgan fingerprint density at radius 1 is 1.46 bits per heavy atom. The Morgan fingerprint density at radius 3 is 3.08 bits per heavy atom. The number of carbonyl (C=O) groups excluding carboxylic acids is 1. The van der Waals surface area contributed by atoms with Gasteiger partial charge >= 0.3 is 0 Å². The van der Waals surface area contributed by atoms with Crippen molar-refractivity contribution in [1.29, 1.82) is 0 Å². The van der Waals surface area contributed by atoms with E-state index in [4.69, 9.17) is 15.0 Å². The average molecular weight is 330 g/mol. The van der Waals surface area contributed by atoms with Gasteiger partial charge in [0.05, 0.1) is 18.4 Å². The van der Waals surface area contributed by atoms with Crippen molar-refractivity contribution in [2.45, 2.75) is 32.3 Å². The number of amides is 1. The molecule has 0 bridgehead atoms. The number of rotatable bonds is 5. The molecular formula is C17H22N4O3. The van der Waals surface area contributed by atoms with Gasteiger partial charge < -0.3 is 19.9 Å². The summed E-state index contributed by atoms with van der Waals surface area (Å²) in [5.74, 6) is 0.698. The first kappa shape index (κ1) is 16.4. The fourth-order valence-electron chi connectivity index (χ4n) is 2.79. The van der Waals surface area contributed by atoms with Gasteiger partial charge in [0, 0.05) is 25.4 Å². The van der Waals surface area contributed by atoms with Gasteiger partial charge in [0.2, 0.25) is 5.76 Å². The zero-order chi connectivity index (χ0) is 16.9. The largest absolute Gasteiger partial charge is 0.384 e. The van der Waals surface area contributed by atoms with Crippen LogP contribution in [0.15, 0.2) is 28.9 Å². The molecule has 7 nitrogen and oxygen atoms in total. The molecule has 0 saturated carbocycles. The summed E-state index contributed by atoms with van der Waals surface area (Å²) in [6.07, 6.45) is 4.12. The molecule has 3 heterocycles. The quantitative estimate of drug-likeness (QED) is 0.896. The number of nitrogens with two attached hydrogens (primary N) is 1. The van der Waals surface area contributed by atoms with E-state index < -0.39 is 0 Å². The van der Waals surface area contributed by atoms with E-state index in [0.717, 1.165) is 30.5 Å². The number of hydrogen-bond acceptors (Lipinski definition) is 6. The molecule has 1 aliphatic rings. The minimum atomic E-state index is -0.122. The zero-order valence-electron chi connectivity index (χ0n) is 13.8. The van der Waals surface area contributed by atoms with Crippen molar-refractivity contribution in [3.8, 4) is 0 Å². The lowest BCUT2D eigenvalue weighted by atomic mass is 10.1. The summed E-state index contributed by atoms with van der Waals surface area (Å²) in [6, 6.07) is 5.53. The highest BCUT2D eigenvalue weighted by molar-refractivity contribution is 5.91. The summed E-state index contributed by atoms with van der Waals surface area (Å²) in [5, 5.41) is 3.88. The van der Waals surface area contributed by atoms with Gasteiger partial charge in [0.1, 0.15) is 5.82 Å². The molecule has 0 radical (unpaired) electrons. The number of carbonyl (C=O) groups is 1. The third-order valence-electron chi connectivity index (χ3n) is 4.16. The SMILES string of the molecule is CCc1cc(C(=O)N2CCO[C@H](CCc3ccnc(N)c3)C2)on1. The molecule has 2 aromatic rings. The highest BCUT2D eigenvalue weighted by Crippen LogP contribution is 2.16.